The Bertz CT molecular complexity index is 638. The van der Waals surface area contributed by atoms with E-state index in [1.807, 2.05) is 6.92 Å². The molecule has 0 aromatic heterocycles. The zero-order chi connectivity index (χ0) is 20.1. The first-order chi connectivity index (χ1) is 12.7. The van der Waals surface area contributed by atoms with Gasteiger partial charge in [-0.2, -0.15) is 13.2 Å². The van der Waals surface area contributed by atoms with Crippen molar-refractivity contribution in [3.05, 3.63) is 35.4 Å². The zero-order valence-corrected chi connectivity index (χ0v) is 16.2. The molecule has 7 heteroatoms. The number of unbranched alkanes of at least 4 members (excludes halogenated alkanes) is 1. The largest absolute Gasteiger partial charge is 0.481 e. The number of rotatable bonds is 9. The lowest BCUT2D eigenvalue weighted by molar-refractivity contribution is -0.141. The van der Waals surface area contributed by atoms with Crippen molar-refractivity contribution in [2.75, 3.05) is 13.1 Å². The molecule has 3 nitrogen and oxygen atoms in total. The summed E-state index contributed by atoms with van der Waals surface area (Å²) < 4.78 is 40.1. The van der Waals surface area contributed by atoms with Crippen molar-refractivity contribution in [1.82, 2.24) is 4.90 Å². The van der Waals surface area contributed by atoms with Crippen LogP contribution in [-0.2, 0) is 11.0 Å². The predicted octanol–water partition coefficient (Wildman–Crippen LogP) is 4.69. The molecular formula is C20H29BF3NO2. The molecule has 0 amide bonds. The lowest BCUT2D eigenvalue weighted by Crippen LogP contribution is -2.29. The molecule has 150 valence electrons. The van der Waals surface area contributed by atoms with Crippen LogP contribution in [0.2, 0.25) is 5.31 Å². The monoisotopic (exact) mass is 383 g/mol. The average molecular weight is 383 g/mol. The number of benzene rings is 1. The normalized spacial score (nSPS) is 20.5. The van der Waals surface area contributed by atoms with Gasteiger partial charge in [0, 0.05) is 11.4 Å². The SMILES string of the molecule is BC(CCCC)(CCCN1CCCC1c1ccccc1C(F)(F)F)C(=O)O. The average Bonchev–Trinajstić information content (AvgIpc) is 3.07. The number of carboxylic acids is 1. The van der Waals surface area contributed by atoms with Gasteiger partial charge in [0.1, 0.15) is 7.85 Å². The van der Waals surface area contributed by atoms with Crippen molar-refractivity contribution in [3.63, 3.8) is 0 Å². The number of nitrogens with zero attached hydrogens (tertiary/aromatic N) is 1. The molecule has 0 bridgehead atoms. The van der Waals surface area contributed by atoms with Crippen LogP contribution in [0.1, 0.15) is 69.0 Å². The quantitative estimate of drug-likeness (QED) is 0.629. The topological polar surface area (TPSA) is 40.5 Å². The molecule has 0 spiro atoms. The van der Waals surface area contributed by atoms with Crippen LogP contribution in [-0.4, -0.2) is 36.9 Å². The fraction of sp³-hybridized carbons (Fsp3) is 0.650. The Labute approximate surface area is 160 Å². The molecule has 1 aliphatic heterocycles. The van der Waals surface area contributed by atoms with Gasteiger partial charge in [0.2, 0.25) is 0 Å². The van der Waals surface area contributed by atoms with E-state index in [0.717, 1.165) is 31.9 Å². The molecule has 2 rings (SSSR count). The molecule has 1 heterocycles. The van der Waals surface area contributed by atoms with E-state index in [2.05, 4.69) is 4.90 Å². The highest BCUT2D eigenvalue weighted by molar-refractivity contribution is 6.26. The highest BCUT2D eigenvalue weighted by Gasteiger charge is 2.38. The van der Waals surface area contributed by atoms with Crippen LogP contribution >= 0.6 is 0 Å². The Morgan fingerprint density at radius 2 is 1.93 bits per heavy atom. The van der Waals surface area contributed by atoms with Crippen molar-refractivity contribution in [3.8, 4) is 0 Å². The predicted molar refractivity (Wildman–Crippen MR) is 103 cm³/mol. The summed E-state index contributed by atoms with van der Waals surface area (Å²) in [5.74, 6) is -0.781. The van der Waals surface area contributed by atoms with Crippen molar-refractivity contribution in [2.45, 2.75) is 69.4 Å². The first-order valence-electron chi connectivity index (χ1n) is 9.82. The van der Waals surface area contributed by atoms with Crippen molar-refractivity contribution < 1.29 is 23.1 Å². The van der Waals surface area contributed by atoms with E-state index in [-0.39, 0.29) is 6.04 Å². The molecule has 1 N–H and O–H groups in total. The van der Waals surface area contributed by atoms with Crippen LogP contribution in [0.5, 0.6) is 0 Å². The van der Waals surface area contributed by atoms with Gasteiger partial charge < -0.3 is 5.11 Å². The van der Waals surface area contributed by atoms with Crippen LogP contribution in [0.3, 0.4) is 0 Å². The number of alkyl halides is 3. The highest BCUT2D eigenvalue weighted by atomic mass is 19.4. The summed E-state index contributed by atoms with van der Waals surface area (Å²) in [6.45, 7) is 3.43. The summed E-state index contributed by atoms with van der Waals surface area (Å²) in [6, 6.07) is 5.58. The van der Waals surface area contributed by atoms with E-state index in [4.69, 9.17) is 0 Å². The Hall–Kier alpha value is -1.50. The molecule has 2 unspecified atom stereocenters. The molecule has 0 aliphatic carbocycles. The van der Waals surface area contributed by atoms with Gasteiger partial charge >= 0.3 is 12.1 Å². The van der Waals surface area contributed by atoms with Gasteiger partial charge in [-0.1, -0.05) is 38.0 Å². The highest BCUT2D eigenvalue weighted by Crippen LogP contribution is 2.41. The van der Waals surface area contributed by atoms with E-state index in [1.54, 1.807) is 20.0 Å². The van der Waals surface area contributed by atoms with E-state index in [9.17, 15) is 23.1 Å². The van der Waals surface area contributed by atoms with E-state index in [0.29, 0.717) is 37.8 Å². The summed E-state index contributed by atoms with van der Waals surface area (Å²) in [4.78, 5) is 13.7. The lowest BCUT2D eigenvalue weighted by atomic mass is 9.63. The summed E-state index contributed by atoms with van der Waals surface area (Å²) in [5.41, 5.74) is -0.213. The Balaban J connectivity index is 2.05. The van der Waals surface area contributed by atoms with Gasteiger partial charge in [0.15, 0.2) is 0 Å². The fourth-order valence-corrected chi connectivity index (χ4v) is 4.07. The second-order valence-corrected chi connectivity index (χ2v) is 7.85. The van der Waals surface area contributed by atoms with Gasteiger partial charge in [0.05, 0.1) is 5.56 Å². The minimum absolute atomic E-state index is 0.241. The van der Waals surface area contributed by atoms with Crippen LogP contribution < -0.4 is 0 Å². The smallest absolute Gasteiger partial charge is 0.416 e. The maximum atomic E-state index is 13.4. The molecule has 1 aromatic carbocycles. The Morgan fingerprint density at radius 3 is 2.56 bits per heavy atom. The van der Waals surface area contributed by atoms with Gasteiger partial charge in [-0.3, -0.25) is 9.69 Å². The third kappa shape index (κ3) is 5.50. The fourth-order valence-electron chi connectivity index (χ4n) is 4.07. The number of carboxylic acid groups (broad SMARTS) is 1. The lowest BCUT2D eigenvalue weighted by Gasteiger charge is -2.29. The second kappa shape index (κ2) is 9.13. The molecule has 1 aliphatic rings. The minimum Gasteiger partial charge on any atom is -0.481 e. The molecular weight excluding hydrogens is 354 g/mol. The number of aliphatic carboxylic acids is 1. The van der Waals surface area contributed by atoms with Gasteiger partial charge in [-0.05, 0) is 56.8 Å². The first-order valence-corrected chi connectivity index (χ1v) is 9.82. The summed E-state index contributed by atoms with van der Waals surface area (Å²) in [6.07, 6.45) is 0.900. The maximum Gasteiger partial charge on any atom is 0.416 e. The number of carbonyl (C=O) groups is 1. The maximum absolute atomic E-state index is 13.4. The van der Waals surface area contributed by atoms with Crippen molar-refractivity contribution in [2.24, 2.45) is 0 Å². The van der Waals surface area contributed by atoms with Gasteiger partial charge in [0.25, 0.3) is 0 Å². The van der Waals surface area contributed by atoms with Gasteiger partial charge in [-0.15, -0.1) is 0 Å². The standard InChI is InChI=1S/C20H29BF3NO2/c1-2-3-11-19(21,18(26)27)12-7-14-25-13-6-10-17(25)15-8-4-5-9-16(15)20(22,23)24/h4-5,8-9,17H,2-3,6-7,10-14,21H2,1H3,(H,26,27). The van der Waals surface area contributed by atoms with Crippen molar-refractivity contribution in [1.29, 1.82) is 0 Å². The third-order valence-corrected chi connectivity index (χ3v) is 5.76. The van der Waals surface area contributed by atoms with E-state index < -0.39 is 23.0 Å². The molecule has 1 saturated heterocycles. The number of likely N-dealkylation sites (tertiary alicyclic amines) is 1. The molecule has 1 fully saturated rings. The van der Waals surface area contributed by atoms with Crippen LogP contribution in [0.25, 0.3) is 0 Å². The Kier molecular flexibility index (Phi) is 7.37. The number of hydrogen-bond acceptors (Lipinski definition) is 2. The minimum atomic E-state index is -4.35. The summed E-state index contributed by atoms with van der Waals surface area (Å²) in [7, 11) is 1.78. The molecule has 0 saturated carbocycles. The van der Waals surface area contributed by atoms with E-state index >= 15 is 0 Å². The van der Waals surface area contributed by atoms with Crippen molar-refractivity contribution >= 4 is 13.8 Å². The molecule has 27 heavy (non-hydrogen) atoms. The first kappa shape index (κ1) is 21.8. The second-order valence-electron chi connectivity index (χ2n) is 7.85. The van der Waals surface area contributed by atoms with Crippen LogP contribution in [0.4, 0.5) is 13.2 Å². The molecule has 2 atom stereocenters. The third-order valence-electron chi connectivity index (χ3n) is 5.76. The summed E-state index contributed by atoms with van der Waals surface area (Å²) in [5, 5.41) is 8.81. The van der Waals surface area contributed by atoms with Crippen LogP contribution in [0, 0.1) is 0 Å². The molecule has 1 aromatic rings. The Morgan fingerprint density at radius 1 is 1.26 bits per heavy atom. The molecule has 0 radical (unpaired) electrons. The van der Waals surface area contributed by atoms with Crippen LogP contribution in [0.15, 0.2) is 24.3 Å². The zero-order valence-electron chi connectivity index (χ0n) is 16.2. The number of halogens is 3. The summed E-state index contributed by atoms with van der Waals surface area (Å²) >= 11 is 0. The van der Waals surface area contributed by atoms with E-state index in [1.165, 1.54) is 6.07 Å². The van der Waals surface area contributed by atoms with Gasteiger partial charge in [-0.25, -0.2) is 0 Å². The number of hydrogen-bond donors (Lipinski definition) is 1.